The van der Waals surface area contributed by atoms with Gasteiger partial charge in [0, 0.05) is 11.1 Å². The SMILES string of the molecule is C=CC1=C(C=C)C(=O)NCC1=O.CC. The van der Waals surface area contributed by atoms with Gasteiger partial charge < -0.3 is 5.32 Å². The van der Waals surface area contributed by atoms with Gasteiger partial charge in [-0.15, -0.1) is 0 Å². The van der Waals surface area contributed by atoms with Crippen molar-refractivity contribution in [2.75, 3.05) is 6.54 Å². The highest BCUT2D eigenvalue weighted by Gasteiger charge is 2.21. The number of rotatable bonds is 2. The summed E-state index contributed by atoms with van der Waals surface area (Å²) < 4.78 is 0. The monoisotopic (exact) mass is 193 g/mol. The zero-order valence-electron chi connectivity index (χ0n) is 8.59. The summed E-state index contributed by atoms with van der Waals surface area (Å²) in [5.41, 5.74) is 0.662. The normalized spacial score (nSPS) is 15.3. The number of hydrogen-bond donors (Lipinski definition) is 1. The molecule has 1 rings (SSSR count). The molecule has 3 nitrogen and oxygen atoms in total. The lowest BCUT2D eigenvalue weighted by atomic mass is 10.00. The summed E-state index contributed by atoms with van der Waals surface area (Å²) in [6.07, 6.45) is 2.75. The van der Waals surface area contributed by atoms with E-state index in [0.717, 1.165) is 0 Å². The second-order valence-corrected chi connectivity index (χ2v) is 2.34. The van der Waals surface area contributed by atoms with E-state index < -0.39 is 0 Å². The molecule has 1 aliphatic rings. The van der Waals surface area contributed by atoms with E-state index in [9.17, 15) is 9.59 Å². The van der Waals surface area contributed by atoms with Crippen molar-refractivity contribution in [3.63, 3.8) is 0 Å². The lowest BCUT2D eigenvalue weighted by Gasteiger charge is -2.14. The lowest BCUT2D eigenvalue weighted by Crippen LogP contribution is -2.36. The number of amides is 1. The summed E-state index contributed by atoms with van der Waals surface area (Å²) in [6.45, 7) is 11.0. The van der Waals surface area contributed by atoms with E-state index in [-0.39, 0.29) is 18.2 Å². The second kappa shape index (κ2) is 5.91. The van der Waals surface area contributed by atoms with Gasteiger partial charge in [0.05, 0.1) is 6.54 Å². The molecule has 0 unspecified atom stereocenters. The van der Waals surface area contributed by atoms with Crippen molar-refractivity contribution in [3.05, 3.63) is 36.5 Å². The molecule has 0 radical (unpaired) electrons. The van der Waals surface area contributed by atoms with Crippen molar-refractivity contribution in [2.45, 2.75) is 13.8 Å². The van der Waals surface area contributed by atoms with Gasteiger partial charge in [0.1, 0.15) is 0 Å². The van der Waals surface area contributed by atoms with E-state index in [0.29, 0.717) is 11.1 Å². The molecule has 0 saturated heterocycles. The summed E-state index contributed by atoms with van der Waals surface area (Å²) in [4.78, 5) is 22.2. The van der Waals surface area contributed by atoms with E-state index in [2.05, 4.69) is 18.5 Å². The van der Waals surface area contributed by atoms with Crippen molar-refractivity contribution in [1.82, 2.24) is 5.32 Å². The third-order valence-corrected chi connectivity index (χ3v) is 1.65. The van der Waals surface area contributed by atoms with Gasteiger partial charge in [-0.3, -0.25) is 9.59 Å². The number of carbonyl (C=O) groups excluding carboxylic acids is 2. The fourth-order valence-electron chi connectivity index (χ4n) is 1.05. The average molecular weight is 193 g/mol. The first-order chi connectivity index (χ1) is 6.70. The highest BCUT2D eigenvalue weighted by Crippen LogP contribution is 2.12. The van der Waals surface area contributed by atoms with Crippen LogP contribution in [-0.2, 0) is 9.59 Å². The van der Waals surface area contributed by atoms with Crippen molar-refractivity contribution < 1.29 is 9.59 Å². The molecule has 0 aromatic rings. The number of carbonyl (C=O) groups is 2. The van der Waals surface area contributed by atoms with Crippen LogP contribution >= 0.6 is 0 Å². The minimum Gasteiger partial charge on any atom is -0.345 e. The van der Waals surface area contributed by atoms with Gasteiger partial charge in [-0.25, -0.2) is 0 Å². The minimum atomic E-state index is -0.264. The molecular formula is C11H15NO2. The van der Waals surface area contributed by atoms with Gasteiger partial charge in [0.2, 0.25) is 0 Å². The maximum atomic E-state index is 11.1. The van der Waals surface area contributed by atoms with Gasteiger partial charge in [-0.2, -0.15) is 0 Å². The molecule has 0 saturated carbocycles. The molecule has 14 heavy (non-hydrogen) atoms. The number of hydrogen-bond acceptors (Lipinski definition) is 2. The molecule has 1 heterocycles. The van der Waals surface area contributed by atoms with Crippen LogP contribution in [-0.4, -0.2) is 18.2 Å². The van der Waals surface area contributed by atoms with E-state index in [1.54, 1.807) is 0 Å². The van der Waals surface area contributed by atoms with E-state index in [4.69, 9.17) is 0 Å². The summed E-state index contributed by atoms with van der Waals surface area (Å²) >= 11 is 0. The quantitative estimate of drug-likeness (QED) is 0.720. The fraction of sp³-hybridized carbons (Fsp3) is 0.273. The van der Waals surface area contributed by atoms with E-state index in [1.165, 1.54) is 12.2 Å². The molecular weight excluding hydrogens is 178 g/mol. The first-order valence-corrected chi connectivity index (χ1v) is 4.51. The molecule has 0 fully saturated rings. The highest BCUT2D eigenvalue weighted by molar-refractivity contribution is 6.14. The van der Waals surface area contributed by atoms with E-state index >= 15 is 0 Å². The Labute approximate surface area is 84.2 Å². The summed E-state index contributed by atoms with van der Waals surface area (Å²) in [7, 11) is 0. The second-order valence-electron chi connectivity index (χ2n) is 2.34. The van der Waals surface area contributed by atoms with Crippen LogP contribution in [0.2, 0.25) is 0 Å². The first-order valence-electron chi connectivity index (χ1n) is 4.51. The Morgan fingerprint density at radius 1 is 1.14 bits per heavy atom. The van der Waals surface area contributed by atoms with Gasteiger partial charge in [0.15, 0.2) is 5.78 Å². The Morgan fingerprint density at radius 2 is 1.64 bits per heavy atom. The first kappa shape index (κ1) is 12.4. The van der Waals surface area contributed by atoms with Gasteiger partial charge in [0.25, 0.3) is 5.91 Å². The maximum Gasteiger partial charge on any atom is 0.252 e. The van der Waals surface area contributed by atoms with Gasteiger partial charge in [-0.05, 0) is 0 Å². The molecule has 0 bridgehead atoms. The fourth-order valence-corrected chi connectivity index (χ4v) is 1.05. The molecule has 76 valence electrons. The van der Waals surface area contributed by atoms with Crippen LogP contribution in [0.15, 0.2) is 36.5 Å². The topological polar surface area (TPSA) is 46.2 Å². The highest BCUT2D eigenvalue weighted by atomic mass is 16.2. The third-order valence-electron chi connectivity index (χ3n) is 1.65. The van der Waals surface area contributed by atoms with Crippen LogP contribution in [0.4, 0.5) is 0 Å². The molecule has 0 aromatic carbocycles. The van der Waals surface area contributed by atoms with E-state index in [1.807, 2.05) is 13.8 Å². The standard InChI is InChI=1S/C9H9NO2.C2H6/c1-3-6-7(4-2)9(12)10-5-8(6)11;1-2/h3-4H,1-2,5H2,(H,10,12);1-2H3. The summed E-state index contributed by atoms with van der Waals surface area (Å²) in [5.74, 6) is -0.390. The molecule has 1 aliphatic heterocycles. The van der Waals surface area contributed by atoms with Crippen LogP contribution < -0.4 is 5.32 Å². The Balaban J connectivity index is 0.000000791. The van der Waals surface area contributed by atoms with Crippen molar-refractivity contribution in [1.29, 1.82) is 0 Å². The Hall–Kier alpha value is -1.64. The number of nitrogens with one attached hydrogen (secondary N) is 1. The smallest absolute Gasteiger partial charge is 0.252 e. The number of allylic oxidation sites excluding steroid dienone is 1. The lowest BCUT2D eigenvalue weighted by molar-refractivity contribution is -0.122. The number of ketones is 1. The Kier molecular flexibility index (Phi) is 5.22. The Morgan fingerprint density at radius 3 is 2.00 bits per heavy atom. The molecule has 1 N–H and O–H groups in total. The van der Waals surface area contributed by atoms with Crippen LogP contribution in [0.25, 0.3) is 0 Å². The molecule has 0 aromatic heterocycles. The largest absolute Gasteiger partial charge is 0.345 e. The molecule has 3 heteroatoms. The Bertz CT molecular complexity index is 270. The van der Waals surface area contributed by atoms with Crippen LogP contribution in [0.1, 0.15) is 13.8 Å². The van der Waals surface area contributed by atoms with Gasteiger partial charge >= 0.3 is 0 Å². The average Bonchev–Trinajstić information content (AvgIpc) is 2.24. The van der Waals surface area contributed by atoms with Crippen molar-refractivity contribution in [2.24, 2.45) is 0 Å². The number of Topliss-reactive ketones (excluding diaryl/α,β-unsaturated/α-hetero) is 1. The summed E-state index contributed by atoms with van der Waals surface area (Å²) in [6, 6.07) is 0. The predicted molar refractivity (Wildman–Crippen MR) is 56.8 cm³/mol. The maximum absolute atomic E-state index is 11.1. The molecule has 0 atom stereocenters. The predicted octanol–water partition coefficient (Wildman–Crippen LogP) is 1.38. The third kappa shape index (κ3) is 2.42. The van der Waals surface area contributed by atoms with Gasteiger partial charge in [-0.1, -0.05) is 39.2 Å². The molecule has 1 amide bonds. The zero-order chi connectivity index (χ0) is 11.1. The molecule has 0 spiro atoms. The van der Waals surface area contributed by atoms with Crippen LogP contribution in [0, 0.1) is 0 Å². The van der Waals surface area contributed by atoms with Crippen LogP contribution in [0.3, 0.4) is 0 Å². The molecule has 0 aliphatic carbocycles. The summed E-state index contributed by atoms with van der Waals surface area (Å²) in [5, 5.41) is 2.43. The minimum absolute atomic E-state index is 0.0531. The van der Waals surface area contributed by atoms with Crippen molar-refractivity contribution in [3.8, 4) is 0 Å². The zero-order valence-corrected chi connectivity index (χ0v) is 8.59. The van der Waals surface area contributed by atoms with Crippen molar-refractivity contribution >= 4 is 11.7 Å². The van der Waals surface area contributed by atoms with Crippen LogP contribution in [0.5, 0.6) is 0 Å².